The summed E-state index contributed by atoms with van der Waals surface area (Å²) in [5.41, 5.74) is 1.24. The molecule has 7 heteroatoms. The maximum atomic E-state index is 12.1. The molecule has 0 aliphatic carbocycles. The van der Waals surface area contributed by atoms with Gasteiger partial charge >= 0.3 is 0 Å². The van der Waals surface area contributed by atoms with Gasteiger partial charge in [0.25, 0.3) is 5.91 Å². The number of hydrogen-bond donors (Lipinski definition) is 2. The number of primary sulfonamides is 1. The smallest absolute Gasteiger partial charge is 0.268 e. The van der Waals surface area contributed by atoms with Crippen molar-refractivity contribution in [3.63, 3.8) is 0 Å². The van der Waals surface area contributed by atoms with Gasteiger partial charge in [-0.1, -0.05) is 12.1 Å². The Balaban J connectivity index is 2.08. The minimum absolute atomic E-state index is 0.0335. The average molecular weight is 307 g/mol. The van der Waals surface area contributed by atoms with Crippen LogP contribution in [-0.2, 0) is 23.1 Å². The topological polar surface area (TPSA) is 94.2 Å². The number of benzene rings is 1. The van der Waals surface area contributed by atoms with Gasteiger partial charge in [0.2, 0.25) is 10.0 Å². The lowest BCUT2D eigenvalue weighted by Crippen LogP contribution is -2.25. The average Bonchev–Trinajstić information content (AvgIpc) is 2.92. The van der Waals surface area contributed by atoms with E-state index in [-0.39, 0.29) is 17.3 Å². The Hall–Kier alpha value is -2.12. The van der Waals surface area contributed by atoms with E-state index >= 15 is 0 Å². The summed E-state index contributed by atoms with van der Waals surface area (Å²) in [5.74, 6) is -0.206. The zero-order valence-corrected chi connectivity index (χ0v) is 12.4. The number of nitrogens with zero attached hydrogens (tertiary/aromatic N) is 1. The second-order valence-electron chi connectivity index (χ2n) is 4.55. The molecule has 0 radical (unpaired) electrons. The first-order chi connectivity index (χ1) is 9.91. The molecule has 21 heavy (non-hydrogen) atoms. The monoisotopic (exact) mass is 307 g/mol. The molecule has 0 aliphatic heterocycles. The highest BCUT2D eigenvalue weighted by molar-refractivity contribution is 7.89. The number of nitrogens with one attached hydrogen (secondary N) is 1. The van der Waals surface area contributed by atoms with Crippen molar-refractivity contribution in [3.8, 4) is 0 Å². The molecule has 0 aliphatic rings. The van der Waals surface area contributed by atoms with Gasteiger partial charge in [-0.15, -0.1) is 0 Å². The molecule has 0 fully saturated rings. The highest BCUT2D eigenvalue weighted by Crippen LogP contribution is 2.10. The van der Waals surface area contributed by atoms with Crippen LogP contribution in [-0.4, -0.2) is 18.9 Å². The molecule has 2 aromatic rings. The van der Waals surface area contributed by atoms with Gasteiger partial charge in [-0.2, -0.15) is 0 Å². The standard InChI is InChI=1S/C14H17N3O3S/c1-2-17-8-4-7-13(17)14(18)16-10-11-5-3-6-12(9-11)21(15,19)20/h3-9H,2,10H2,1H3,(H,16,18)(H2,15,19,20). The van der Waals surface area contributed by atoms with Crippen molar-refractivity contribution in [2.75, 3.05) is 0 Å². The molecule has 1 amide bonds. The van der Waals surface area contributed by atoms with Crippen LogP contribution in [0.5, 0.6) is 0 Å². The van der Waals surface area contributed by atoms with Gasteiger partial charge in [0.1, 0.15) is 5.69 Å². The van der Waals surface area contributed by atoms with E-state index in [9.17, 15) is 13.2 Å². The van der Waals surface area contributed by atoms with Crippen molar-refractivity contribution in [3.05, 3.63) is 53.9 Å². The molecule has 1 heterocycles. The van der Waals surface area contributed by atoms with Crippen molar-refractivity contribution in [2.24, 2.45) is 5.14 Å². The fourth-order valence-electron chi connectivity index (χ4n) is 2.00. The molecule has 3 N–H and O–H groups in total. The molecule has 6 nitrogen and oxygen atoms in total. The summed E-state index contributed by atoms with van der Waals surface area (Å²) in [6.45, 7) is 2.89. The number of hydrogen-bond acceptors (Lipinski definition) is 3. The summed E-state index contributed by atoms with van der Waals surface area (Å²) in [4.78, 5) is 12.1. The van der Waals surface area contributed by atoms with E-state index in [1.807, 2.05) is 17.7 Å². The third kappa shape index (κ3) is 3.71. The molecule has 0 atom stereocenters. The van der Waals surface area contributed by atoms with Crippen LogP contribution in [0.4, 0.5) is 0 Å². The van der Waals surface area contributed by atoms with Crippen LogP contribution in [0.25, 0.3) is 0 Å². The first-order valence-electron chi connectivity index (χ1n) is 6.47. The number of carbonyl (C=O) groups excluding carboxylic acids is 1. The van der Waals surface area contributed by atoms with Gasteiger partial charge in [-0.05, 0) is 36.8 Å². The summed E-state index contributed by atoms with van der Waals surface area (Å²) in [6, 6.07) is 9.74. The maximum absolute atomic E-state index is 12.1. The van der Waals surface area contributed by atoms with Crippen molar-refractivity contribution in [1.29, 1.82) is 0 Å². The molecule has 1 aromatic heterocycles. The normalized spacial score (nSPS) is 11.3. The van der Waals surface area contributed by atoms with E-state index in [2.05, 4.69) is 5.32 Å². The Morgan fingerprint density at radius 3 is 2.71 bits per heavy atom. The molecule has 0 unspecified atom stereocenters. The number of aryl methyl sites for hydroxylation is 1. The first-order valence-corrected chi connectivity index (χ1v) is 8.01. The van der Waals surface area contributed by atoms with Crippen molar-refractivity contribution >= 4 is 15.9 Å². The summed E-state index contributed by atoms with van der Waals surface area (Å²) in [7, 11) is -3.73. The zero-order chi connectivity index (χ0) is 15.5. The van der Waals surface area contributed by atoms with Gasteiger partial charge in [-0.25, -0.2) is 13.6 Å². The Kier molecular flexibility index (Phi) is 4.44. The van der Waals surface area contributed by atoms with Crippen LogP contribution in [0.1, 0.15) is 23.0 Å². The third-order valence-electron chi connectivity index (χ3n) is 3.08. The summed E-state index contributed by atoms with van der Waals surface area (Å²) in [5, 5.41) is 7.84. The van der Waals surface area contributed by atoms with E-state index in [1.165, 1.54) is 12.1 Å². The Morgan fingerprint density at radius 2 is 2.05 bits per heavy atom. The van der Waals surface area contributed by atoms with Gasteiger partial charge in [0.05, 0.1) is 4.90 Å². The van der Waals surface area contributed by atoms with Crippen molar-refractivity contribution in [2.45, 2.75) is 24.9 Å². The fourth-order valence-corrected chi connectivity index (χ4v) is 2.59. The second kappa shape index (κ2) is 6.11. The molecular formula is C14H17N3O3S. The predicted molar refractivity (Wildman–Crippen MR) is 79.1 cm³/mol. The maximum Gasteiger partial charge on any atom is 0.268 e. The van der Waals surface area contributed by atoms with E-state index in [1.54, 1.807) is 24.3 Å². The Labute approximate surface area is 123 Å². The van der Waals surface area contributed by atoms with E-state index in [4.69, 9.17) is 5.14 Å². The highest BCUT2D eigenvalue weighted by atomic mass is 32.2. The van der Waals surface area contributed by atoms with Crippen LogP contribution < -0.4 is 10.5 Å². The Morgan fingerprint density at radius 1 is 1.29 bits per heavy atom. The third-order valence-corrected chi connectivity index (χ3v) is 3.99. The predicted octanol–water partition coefficient (Wildman–Crippen LogP) is 1.09. The number of sulfonamides is 1. The number of rotatable bonds is 5. The summed E-state index contributed by atoms with van der Waals surface area (Å²) in [6.07, 6.45) is 1.83. The van der Waals surface area contributed by atoms with Crippen LogP contribution in [0.15, 0.2) is 47.5 Å². The van der Waals surface area contributed by atoms with E-state index < -0.39 is 10.0 Å². The van der Waals surface area contributed by atoms with Gasteiger partial charge in [0.15, 0.2) is 0 Å². The quantitative estimate of drug-likeness (QED) is 0.865. The number of aromatic nitrogens is 1. The molecule has 0 saturated heterocycles. The fraction of sp³-hybridized carbons (Fsp3) is 0.214. The molecular weight excluding hydrogens is 290 g/mol. The summed E-state index contributed by atoms with van der Waals surface area (Å²) < 4.78 is 24.4. The number of carbonyl (C=O) groups is 1. The van der Waals surface area contributed by atoms with Crippen LogP contribution in [0.2, 0.25) is 0 Å². The number of amides is 1. The lowest BCUT2D eigenvalue weighted by atomic mass is 10.2. The largest absolute Gasteiger partial charge is 0.347 e. The minimum atomic E-state index is -3.73. The van der Waals surface area contributed by atoms with Crippen molar-refractivity contribution in [1.82, 2.24) is 9.88 Å². The van der Waals surface area contributed by atoms with Gasteiger partial charge in [0, 0.05) is 19.3 Å². The van der Waals surface area contributed by atoms with Crippen molar-refractivity contribution < 1.29 is 13.2 Å². The van der Waals surface area contributed by atoms with Crippen LogP contribution in [0.3, 0.4) is 0 Å². The molecule has 0 saturated carbocycles. The molecule has 1 aromatic carbocycles. The van der Waals surface area contributed by atoms with E-state index in [0.29, 0.717) is 17.8 Å². The van der Waals surface area contributed by atoms with Crippen LogP contribution >= 0.6 is 0 Å². The van der Waals surface area contributed by atoms with Gasteiger partial charge in [-0.3, -0.25) is 4.79 Å². The number of nitrogens with two attached hydrogens (primary N) is 1. The second-order valence-corrected chi connectivity index (χ2v) is 6.12. The molecule has 0 spiro atoms. The van der Waals surface area contributed by atoms with Crippen LogP contribution in [0, 0.1) is 0 Å². The Bertz CT molecular complexity index is 750. The highest BCUT2D eigenvalue weighted by Gasteiger charge is 2.11. The first kappa shape index (κ1) is 15.3. The minimum Gasteiger partial charge on any atom is -0.347 e. The van der Waals surface area contributed by atoms with Gasteiger partial charge < -0.3 is 9.88 Å². The van der Waals surface area contributed by atoms with E-state index in [0.717, 1.165) is 0 Å². The molecule has 112 valence electrons. The SMILES string of the molecule is CCn1cccc1C(=O)NCc1cccc(S(N)(=O)=O)c1. The molecule has 0 bridgehead atoms. The molecule has 2 rings (SSSR count). The lowest BCUT2D eigenvalue weighted by Gasteiger charge is -2.08. The zero-order valence-electron chi connectivity index (χ0n) is 11.6. The summed E-state index contributed by atoms with van der Waals surface area (Å²) >= 11 is 0. The lowest BCUT2D eigenvalue weighted by molar-refractivity contribution is 0.0941.